The van der Waals surface area contributed by atoms with E-state index in [2.05, 4.69) is 40.9 Å². The number of hydrogen-bond donors (Lipinski definition) is 1. The number of rotatable bonds is 6. The molecule has 4 nitrogen and oxygen atoms in total. The van der Waals surface area contributed by atoms with Crippen LogP contribution >= 0.6 is 0 Å². The van der Waals surface area contributed by atoms with Gasteiger partial charge in [-0.3, -0.25) is 0 Å². The molecule has 2 heterocycles. The Bertz CT molecular complexity index is 358. The average molecular weight is 236 g/mol. The van der Waals surface area contributed by atoms with Gasteiger partial charge in [0.15, 0.2) is 0 Å². The smallest absolute Gasteiger partial charge is 0.149 e. The molecular weight excluding hydrogens is 212 g/mol. The van der Waals surface area contributed by atoms with Gasteiger partial charge >= 0.3 is 0 Å². The van der Waals surface area contributed by atoms with Crippen LogP contribution in [0.2, 0.25) is 0 Å². The lowest BCUT2D eigenvalue weighted by Gasteiger charge is -2.19. The molecule has 0 aliphatic carbocycles. The molecule has 1 N–H and O–H groups in total. The number of nitrogens with zero attached hydrogens (tertiary/aromatic N) is 3. The van der Waals surface area contributed by atoms with Crippen molar-refractivity contribution in [2.45, 2.75) is 71.5 Å². The highest BCUT2D eigenvalue weighted by molar-refractivity contribution is 5.04. The molecule has 1 aromatic rings. The first-order valence-corrected chi connectivity index (χ1v) is 6.90. The summed E-state index contributed by atoms with van der Waals surface area (Å²) >= 11 is 0. The van der Waals surface area contributed by atoms with E-state index in [-0.39, 0.29) is 0 Å². The zero-order valence-electron chi connectivity index (χ0n) is 11.2. The predicted octanol–water partition coefficient (Wildman–Crippen LogP) is 2.45. The van der Waals surface area contributed by atoms with Crippen LogP contribution in [-0.2, 0) is 13.0 Å². The van der Waals surface area contributed by atoms with Gasteiger partial charge in [-0.25, -0.2) is 0 Å². The van der Waals surface area contributed by atoms with E-state index in [4.69, 9.17) is 0 Å². The van der Waals surface area contributed by atoms with Gasteiger partial charge in [-0.05, 0) is 26.7 Å². The molecule has 0 saturated heterocycles. The highest BCUT2D eigenvalue weighted by Crippen LogP contribution is 2.19. The highest BCUT2D eigenvalue weighted by Gasteiger charge is 2.21. The van der Waals surface area contributed by atoms with Crippen LogP contribution in [0.4, 0.5) is 0 Å². The summed E-state index contributed by atoms with van der Waals surface area (Å²) in [6.45, 7) is 7.78. The van der Waals surface area contributed by atoms with Crippen molar-refractivity contribution in [2.24, 2.45) is 0 Å². The molecule has 0 spiro atoms. The van der Waals surface area contributed by atoms with Crippen molar-refractivity contribution in [1.82, 2.24) is 20.1 Å². The van der Waals surface area contributed by atoms with E-state index in [9.17, 15) is 0 Å². The molecule has 2 unspecified atom stereocenters. The van der Waals surface area contributed by atoms with E-state index in [0.29, 0.717) is 12.1 Å². The third kappa shape index (κ3) is 2.86. The maximum atomic E-state index is 4.32. The number of aryl methyl sites for hydroxylation is 1. The summed E-state index contributed by atoms with van der Waals surface area (Å²) in [6.07, 6.45) is 6.10. The number of unbranched alkanes of at least 4 members (excludes halogenated alkanes) is 1. The van der Waals surface area contributed by atoms with Crippen molar-refractivity contribution in [3.05, 3.63) is 11.6 Å². The number of fused-ring (bicyclic) bond motifs is 1. The third-order valence-electron chi connectivity index (χ3n) is 3.55. The molecule has 0 radical (unpaired) electrons. The topological polar surface area (TPSA) is 42.7 Å². The molecule has 1 aromatic heterocycles. The Morgan fingerprint density at radius 1 is 1.35 bits per heavy atom. The first kappa shape index (κ1) is 12.6. The summed E-state index contributed by atoms with van der Waals surface area (Å²) < 4.78 is 2.28. The van der Waals surface area contributed by atoms with Gasteiger partial charge in [0.1, 0.15) is 11.6 Å². The minimum absolute atomic E-state index is 0.307. The molecule has 2 atom stereocenters. The van der Waals surface area contributed by atoms with E-state index in [0.717, 1.165) is 24.6 Å². The molecule has 96 valence electrons. The van der Waals surface area contributed by atoms with Crippen LogP contribution in [0.5, 0.6) is 0 Å². The Morgan fingerprint density at radius 3 is 2.94 bits per heavy atom. The Balaban J connectivity index is 1.93. The van der Waals surface area contributed by atoms with Gasteiger partial charge in [0.05, 0.1) is 6.04 Å². The quantitative estimate of drug-likeness (QED) is 0.825. The van der Waals surface area contributed by atoms with Crippen molar-refractivity contribution in [1.29, 1.82) is 0 Å². The molecule has 0 amide bonds. The van der Waals surface area contributed by atoms with Gasteiger partial charge in [-0.15, -0.1) is 10.2 Å². The van der Waals surface area contributed by atoms with Crippen molar-refractivity contribution < 1.29 is 0 Å². The van der Waals surface area contributed by atoms with Crippen LogP contribution in [0.3, 0.4) is 0 Å². The second kappa shape index (κ2) is 5.63. The summed E-state index contributed by atoms with van der Waals surface area (Å²) in [7, 11) is 0. The number of aromatic nitrogens is 3. The lowest BCUT2D eigenvalue weighted by molar-refractivity contribution is 0.422. The van der Waals surface area contributed by atoms with Crippen molar-refractivity contribution in [3.8, 4) is 0 Å². The van der Waals surface area contributed by atoms with Gasteiger partial charge < -0.3 is 9.88 Å². The second-order valence-corrected chi connectivity index (χ2v) is 5.16. The Labute approximate surface area is 104 Å². The van der Waals surface area contributed by atoms with E-state index in [1.54, 1.807) is 0 Å². The molecule has 0 saturated carbocycles. The highest BCUT2D eigenvalue weighted by atomic mass is 15.3. The van der Waals surface area contributed by atoms with E-state index in [1.807, 2.05) is 0 Å². The lowest BCUT2D eigenvalue weighted by Crippen LogP contribution is -2.30. The third-order valence-corrected chi connectivity index (χ3v) is 3.55. The summed E-state index contributed by atoms with van der Waals surface area (Å²) in [5.74, 6) is 2.27. The summed E-state index contributed by atoms with van der Waals surface area (Å²) in [5, 5.41) is 12.2. The molecular formula is C13H24N4. The van der Waals surface area contributed by atoms with Crippen molar-refractivity contribution in [3.63, 3.8) is 0 Å². The van der Waals surface area contributed by atoms with Gasteiger partial charge in [0.25, 0.3) is 0 Å². The van der Waals surface area contributed by atoms with Gasteiger partial charge in [0.2, 0.25) is 0 Å². The van der Waals surface area contributed by atoms with Crippen LogP contribution in [0.15, 0.2) is 0 Å². The van der Waals surface area contributed by atoms with Gasteiger partial charge in [-0.1, -0.05) is 19.8 Å². The second-order valence-electron chi connectivity index (χ2n) is 5.16. The van der Waals surface area contributed by atoms with Crippen molar-refractivity contribution in [2.75, 3.05) is 0 Å². The van der Waals surface area contributed by atoms with E-state index < -0.39 is 0 Å². The molecule has 4 heteroatoms. The maximum Gasteiger partial charge on any atom is 0.149 e. The fraction of sp³-hybridized carbons (Fsp3) is 0.846. The molecule has 1 aliphatic rings. The summed E-state index contributed by atoms with van der Waals surface area (Å²) in [4.78, 5) is 0. The van der Waals surface area contributed by atoms with Crippen molar-refractivity contribution >= 4 is 0 Å². The maximum absolute atomic E-state index is 4.32. The predicted molar refractivity (Wildman–Crippen MR) is 68.9 cm³/mol. The summed E-state index contributed by atoms with van der Waals surface area (Å²) in [5.41, 5.74) is 0. The largest absolute Gasteiger partial charge is 0.314 e. The number of hydrogen-bond acceptors (Lipinski definition) is 3. The average Bonchev–Trinajstić information content (AvgIpc) is 2.87. The summed E-state index contributed by atoms with van der Waals surface area (Å²) in [6, 6.07) is 0.862. The lowest BCUT2D eigenvalue weighted by atomic mass is 10.1. The van der Waals surface area contributed by atoms with Crippen LogP contribution in [0, 0.1) is 0 Å². The van der Waals surface area contributed by atoms with Gasteiger partial charge in [0, 0.05) is 19.0 Å². The molecule has 2 rings (SSSR count). The standard InChI is InChI=1S/C13H24N4/c1-4-5-7-10(2)14-11(3)13-16-15-12-8-6-9-17(12)13/h10-11,14H,4-9H2,1-3H3. The van der Waals surface area contributed by atoms with E-state index >= 15 is 0 Å². The SMILES string of the molecule is CCCCC(C)NC(C)c1nnc2n1CCC2. The fourth-order valence-corrected chi connectivity index (χ4v) is 2.59. The first-order valence-electron chi connectivity index (χ1n) is 6.90. The zero-order chi connectivity index (χ0) is 12.3. The molecule has 0 fully saturated rings. The minimum atomic E-state index is 0.307. The Hall–Kier alpha value is -0.900. The molecule has 0 aromatic carbocycles. The first-order chi connectivity index (χ1) is 8.22. The fourth-order valence-electron chi connectivity index (χ4n) is 2.59. The zero-order valence-corrected chi connectivity index (χ0v) is 11.2. The van der Waals surface area contributed by atoms with E-state index in [1.165, 1.54) is 25.7 Å². The Morgan fingerprint density at radius 2 is 2.18 bits per heavy atom. The molecule has 1 aliphatic heterocycles. The van der Waals surface area contributed by atoms with Crippen LogP contribution < -0.4 is 5.32 Å². The van der Waals surface area contributed by atoms with Gasteiger partial charge in [-0.2, -0.15) is 0 Å². The monoisotopic (exact) mass is 236 g/mol. The molecule has 0 bridgehead atoms. The van der Waals surface area contributed by atoms with Crippen LogP contribution in [-0.4, -0.2) is 20.8 Å². The Kier molecular flexibility index (Phi) is 4.15. The molecule has 17 heavy (non-hydrogen) atoms. The normalized spacial score (nSPS) is 18.1. The number of nitrogens with one attached hydrogen (secondary N) is 1. The van der Waals surface area contributed by atoms with Crippen LogP contribution in [0.1, 0.15) is 64.1 Å². The minimum Gasteiger partial charge on any atom is -0.314 e. The van der Waals surface area contributed by atoms with Crippen LogP contribution in [0.25, 0.3) is 0 Å².